The first-order valence-electron chi connectivity index (χ1n) is 6.34. The summed E-state index contributed by atoms with van der Waals surface area (Å²) in [6.45, 7) is 9.08. The fourth-order valence-corrected chi connectivity index (χ4v) is 1.86. The second-order valence-electron chi connectivity index (χ2n) is 5.23. The minimum atomic E-state index is 0.0173. The van der Waals surface area contributed by atoms with Crippen molar-refractivity contribution in [3.8, 4) is 5.75 Å². The van der Waals surface area contributed by atoms with Crippen molar-refractivity contribution in [3.05, 3.63) is 29.3 Å². The molecule has 1 amide bonds. The van der Waals surface area contributed by atoms with E-state index in [0.29, 0.717) is 5.92 Å². The van der Waals surface area contributed by atoms with Crippen LogP contribution in [0, 0.1) is 19.8 Å². The molecule has 0 aromatic heterocycles. The molecule has 0 bridgehead atoms. The van der Waals surface area contributed by atoms with Gasteiger partial charge in [-0.1, -0.05) is 31.5 Å². The van der Waals surface area contributed by atoms with Gasteiger partial charge in [0.25, 0.3) is 5.91 Å². The average molecular weight is 249 g/mol. The summed E-state index contributed by atoms with van der Waals surface area (Å²) < 4.78 is 5.57. The summed E-state index contributed by atoms with van der Waals surface area (Å²) in [4.78, 5) is 13.5. The number of hydrogen-bond acceptors (Lipinski definition) is 2. The smallest absolute Gasteiger partial charge is 0.260 e. The van der Waals surface area contributed by atoms with Crippen molar-refractivity contribution >= 4 is 5.91 Å². The lowest BCUT2D eigenvalue weighted by Crippen LogP contribution is -2.34. The number of benzene rings is 1. The zero-order chi connectivity index (χ0) is 13.7. The third-order valence-corrected chi connectivity index (χ3v) is 2.75. The molecule has 0 unspecified atom stereocenters. The van der Waals surface area contributed by atoms with Gasteiger partial charge in [0.15, 0.2) is 6.61 Å². The predicted octanol–water partition coefficient (Wildman–Crippen LogP) is 2.80. The van der Waals surface area contributed by atoms with Crippen LogP contribution in [0.5, 0.6) is 5.75 Å². The maximum atomic E-state index is 11.8. The lowest BCUT2D eigenvalue weighted by molar-refractivity contribution is -0.132. The molecule has 0 aliphatic heterocycles. The molecule has 3 heteroatoms. The van der Waals surface area contributed by atoms with E-state index in [1.807, 2.05) is 33.0 Å². The highest BCUT2D eigenvalue weighted by atomic mass is 16.5. The van der Waals surface area contributed by atoms with Crippen molar-refractivity contribution in [3.63, 3.8) is 0 Å². The van der Waals surface area contributed by atoms with E-state index in [2.05, 4.69) is 19.9 Å². The van der Waals surface area contributed by atoms with Gasteiger partial charge in [0, 0.05) is 13.6 Å². The van der Waals surface area contributed by atoms with E-state index in [1.165, 1.54) is 5.56 Å². The number of amides is 1. The normalized spacial score (nSPS) is 10.6. The first-order chi connectivity index (χ1) is 8.40. The first-order valence-corrected chi connectivity index (χ1v) is 6.34. The number of aryl methyl sites for hydroxylation is 2. The molecule has 3 nitrogen and oxygen atoms in total. The zero-order valence-corrected chi connectivity index (χ0v) is 12.0. The third kappa shape index (κ3) is 4.40. The number of hydrogen-bond donors (Lipinski definition) is 0. The summed E-state index contributed by atoms with van der Waals surface area (Å²) >= 11 is 0. The standard InChI is InChI=1S/C15H23NO2/c1-11(2)9-16(5)15(17)10-18-14-7-6-12(3)8-13(14)4/h6-8,11H,9-10H2,1-5H3. The van der Waals surface area contributed by atoms with Crippen molar-refractivity contribution in [2.24, 2.45) is 5.92 Å². The topological polar surface area (TPSA) is 29.5 Å². The van der Waals surface area contributed by atoms with Gasteiger partial charge in [-0.3, -0.25) is 4.79 Å². The highest BCUT2D eigenvalue weighted by Crippen LogP contribution is 2.18. The molecule has 0 spiro atoms. The SMILES string of the molecule is Cc1ccc(OCC(=O)N(C)CC(C)C)c(C)c1. The molecule has 0 N–H and O–H groups in total. The van der Waals surface area contributed by atoms with Crippen LogP contribution < -0.4 is 4.74 Å². The van der Waals surface area contributed by atoms with Crippen LogP contribution in [0.1, 0.15) is 25.0 Å². The Hall–Kier alpha value is -1.51. The predicted molar refractivity (Wildman–Crippen MR) is 73.9 cm³/mol. The van der Waals surface area contributed by atoms with Crippen molar-refractivity contribution in [1.82, 2.24) is 4.90 Å². The molecule has 0 heterocycles. The molecule has 1 aromatic carbocycles. The van der Waals surface area contributed by atoms with E-state index in [4.69, 9.17) is 4.74 Å². The van der Waals surface area contributed by atoms with E-state index in [9.17, 15) is 4.79 Å². The van der Waals surface area contributed by atoms with Gasteiger partial charge in [-0.05, 0) is 31.4 Å². The van der Waals surface area contributed by atoms with E-state index in [1.54, 1.807) is 4.90 Å². The van der Waals surface area contributed by atoms with Gasteiger partial charge in [-0.15, -0.1) is 0 Å². The lowest BCUT2D eigenvalue weighted by Gasteiger charge is -2.19. The maximum Gasteiger partial charge on any atom is 0.260 e. The van der Waals surface area contributed by atoms with E-state index in [0.717, 1.165) is 17.9 Å². The summed E-state index contributed by atoms with van der Waals surface area (Å²) in [5.74, 6) is 1.27. The average Bonchev–Trinajstić information content (AvgIpc) is 2.26. The van der Waals surface area contributed by atoms with Crippen LogP contribution in [-0.4, -0.2) is 31.0 Å². The molecular weight excluding hydrogens is 226 g/mol. The summed E-state index contributed by atoms with van der Waals surface area (Å²) in [7, 11) is 1.81. The van der Waals surface area contributed by atoms with Crippen LogP contribution in [0.25, 0.3) is 0 Å². The van der Waals surface area contributed by atoms with Gasteiger partial charge < -0.3 is 9.64 Å². The Bertz CT molecular complexity index is 413. The second-order valence-corrected chi connectivity index (χ2v) is 5.23. The molecule has 0 radical (unpaired) electrons. The number of rotatable bonds is 5. The van der Waals surface area contributed by atoms with Crippen LogP contribution in [0.2, 0.25) is 0 Å². The summed E-state index contributed by atoms with van der Waals surface area (Å²) in [6.07, 6.45) is 0. The largest absolute Gasteiger partial charge is 0.484 e. The van der Waals surface area contributed by atoms with Crippen molar-refractivity contribution in [2.75, 3.05) is 20.2 Å². The summed E-state index contributed by atoms with van der Waals surface area (Å²) in [5, 5.41) is 0. The first kappa shape index (κ1) is 14.6. The molecule has 100 valence electrons. The molecule has 0 saturated heterocycles. The Morgan fingerprint density at radius 1 is 1.33 bits per heavy atom. The highest BCUT2D eigenvalue weighted by molar-refractivity contribution is 5.77. The third-order valence-electron chi connectivity index (χ3n) is 2.75. The highest BCUT2D eigenvalue weighted by Gasteiger charge is 2.11. The number of likely N-dealkylation sites (N-methyl/N-ethyl adjacent to an activating group) is 1. The van der Waals surface area contributed by atoms with Gasteiger partial charge in [-0.2, -0.15) is 0 Å². The number of carbonyl (C=O) groups excluding carboxylic acids is 1. The molecule has 18 heavy (non-hydrogen) atoms. The number of ether oxygens (including phenoxy) is 1. The monoisotopic (exact) mass is 249 g/mol. The fraction of sp³-hybridized carbons (Fsp3) is 0.533. The van der Waals surface area contributed by atoms with Crippen LogP contribution in [0.15, 0.2) is 18.2 Å². The van der Waals surface area contributed by atoms with Gasteiger partial charge in [0.2, 0.25) is 0 Å². The molecule has 0 fully saturated rings. The van der Waals surface area contributed by atoms with Gasteiger partial charge >= 0.3 is 0 Å². The van der Waals surface area contributed by atoms with Crippen molar-refractivity contribution in [1.29, 1.82) is 0 Å². The minimum Gasteiger partial charge on any atom is -0.484 e. The fourth-order valence-electron chi connectivity index (χ4n) is 1.86. The van der Waals surface area contributed by atoms with Crippen LogP contribution in [0.4, 0.5) is 0 Å². The molecular formula is C15H23NO2. The van der Waals surface area contributed by atoms with Crippen LogP contribution >= 0.6 is 0 Å². The van der Waals surface area contributed by atoms with Gasteiger partial charge in [0.05, 0.1) is 0 Å². The molecule has 0 saturated carbocycles. The zero-order valence-electron chi connectivity index (χ0n) is 12.0. The Balaban J connectivity index is 2.52. The molecule has 1 rings (SSSR count). The molecule has 0 aliphatic carbocycles. The quantitative estimate of drug-likeness (QED) is 0.803. The number of carbonyl (C=O) groups is 1. The molecule has 1 aromatic rings. The number of nitrogens with zero attached hydrogens (tertiary/aromatic N) is 1. The Kier molecular flexibility index (Phi) is 5.20. The summed E-state index contributed by atoms with van der Waals surface area (Å²) in [5.41, 5.74) is 2.26. The van der Waals surface area contributed by atoms with E-state index in [-0.39, 0.29) is 12.5 Å². The van der Waals surface area contributed by atoms with Crippen LogP contribution in [0.3, 0.4) is 0 Å². The van der Waals surface area contributed by atoms with Crippen molar-refractivity contribution < 1.29 is 9.53 Å². The Labute approximate surface area is 110 Å². The van der Waals surface area contributed by atoms with Gasteiger partial charge in [-0.25, -0.2) is 0 Å². The summed E-state index contributed by atoms with van der Waals surface area (Å²) in [6, 6.07) is 5.96. The molecule has 0 aliphatic rings. The minimum absolute atomic E-state index is 0.0173. The second kappa shape index (κ2) is 6.43. The molecule has 0 atom stereocenters. The lowest BCUT2D eigenvalue weighted by atomic mass is 10.1. The maximum absolute atomic E-state index is 11.8. The van der Waals surface area contributed by atoms with Crippen LogP contribution in [-0.2, 0) is 4.79 Å². The van der Waals surface area contributed by atoms with E-state index < -0.39 is 0 Å². The Morgan fingerprint density at radius 3 is 2.56 bits per heavy atom. The van der Waals surface area contributed by atoms with Crippen molar-refractivity contribution in [2.45, 2.75) is 27.7 Å². The van der Waals surface area contributed by atoms with E-state index >= 15 is 0 Å². The Morgan fingerprint density at radius 2 is 2.00 bits per heavy atom. The van der Waals surface area contributed by atoms with Gasteiger partial charge in [0.1, 0.15) is 5.75 Å².